The molecule has 0 saturated heterocycles. The molecule has 2 aromatic heterocycles. The van der Waals surface area contributed by atoms with Crippen LogP contribution in [0, 0.1) is 6.92 Å². The molecule has 43 heavy (non-hydrogen) atoms. The first kappa shape index (κ1) is 33.7. The molecule has 2 amide bonds. The fraction of sp³-hybridized carbons (Fsp3) is 0.417. The van der Waals surface area contributed by atoms with Gasteiger partial charge in [0.15, 0.2) is 0 Å². The van der Waals surface area contributed by atoms with Crippen molar-refractivity contribution < 1.29 is 53.5 Å². The van der Waals surface area contributed by atoms with Crippen molar-refractivity contribution in [1.29, 1.82) is 0 Å². The lowest BCUT2D eigenvalue weighted by Gasteiger charge is -2.20. The zero-order chi connectivity index (χ0) is 32.9. The number of nitrogens with zero attached hydrogens (tertiary/aromatic N) is 4. The molecule has 0 radical (unpaired) electrons. The van der Waals surface area contributed by atoms with Gasteiger partial charge < -0.3 is 10.6 Å². The Morgan fingerprint density at radius 3 is 2.00 bits per heavy atom. The van der Waals surface area contributed by atoms with Crippen LogP contribution in [0.1, 0.15) is 57.3 Å². The van der Waals surface area contributed by atoms with E-state index >= 15 is 0 Å². The molecule has 236 valence electrons. The van der Waals surface area contributed by atoms with E-state index in [9.17, 15) is 53.5 Å². The van der Waals surface area contributed by atoms with E-state index in [0.29, 0.717) is 5.56 Å². The fourth-order valence-corrected chi connectivity index (χ4v) is 4.08. The summed E-state index contributed by atoms with van der Waals surface area (Å²) in [5.74, 6) is -13.3. The van der Waals surface area contributed by atoms with Crippen LogP contribution >= 0.6 is 11.6 Å². The number of halogens is 11. The highest BCUT2D eigenvalue weighted by Gasteiger charge is 2.64. The number of alkyl halides is 10. The van der Waals surface area contributed by atoms with Crippen LogP contribution in [0.2, 0.25) is 5.02 Å². The normalized spacial score (nSPS) is 13.0. The Kier molecular flexibility index (Phi) is 8.89. The first-order chi connectivity index (χ1) is 19.5. The highest BCUT2D eigenvalue weighted by Crippen LogP contribution is 2.48. The summed E-state index contributed by atoms with van der Waals surface area (Å²) in [4.78, 5) is 25.8. The summed E-state index contributed by atoms with van der Waals surface area (Å²) in [5.41, 5.74) is -5.28. The number of amides is 2. The highest BCUT2D eigenvalue weighted by atomic mass is 35.5. The van der Waals surface area contributed by atoms with Crippen LogP contribution in [0.4, 0.5) is 49.6 Å². The van der Waals surface area contributed by atoms with Crippen LogP contribution in [0.15, 0.2) is 24.3 Å². The first-order valence-electron chi connectivity index (χ1n) is 11.9. The van der Waals surface area contributed by atoms with E-state index in [4.69, 9.17) is 11.6 Å². The Morgan fingerprint density at radius 1 is 0.884 bits per heavy atom. The first-order valence-corrected chi connectivity index (χ1v) is 12.3. The molecule has 0 aliphatic heterocycles. The summed E-state index contributed by atoms with van der Waals surface area (Å²) in [6.45, 7) is 3.59. The number of aromatic nitrogens is 4. The number of benzene rings is 1. The van der Waals surface area contributed by atoms with E-state index < -0.39 is 70.4 Å². The van der Waals surface area contributed by atoms with Crippen molar-refractivity contribution in [2.45, 2.75) is 57.6 Å². The van der Waals surface area contributed by atoms with Gasteiger partial charge in [0.25, 0.3) is 11.8 Å². The molecule has 0 atom stereocenters. The SMILES string of the molecule is Cc1cc(Cl)cc(C(=O)NC(C)C)c1NC(=O)c1cc(Cn2nc(C(F)(F)C(F)(F)F)cc2C(F)(F)C(F)(F)F)nn1C. The predicted molar refractivity (Wildman–Crippen MR) is 131 cm³/mol. The van der Waals surface area contributed by atoms with Crippen molar-refractivity contribution in [1.82, 2.24) is 24.9 Å². The second-order valence-corrected chi connectivity index (χ2v) is 10.0. The summed E-state index contributed by atoms with van der Waals surface area (Å²) in [5, 5.41) is 11.7. The quantitative estimate of drug-likeness (QED) is 0.279. The smallest absolute Gasteiger partial charge is 0.350 e. The lowest BCUT2D eigenvalue weighted by Crippen LogP contribution is -2.36. The lowest BCUT2D eigenvalue weighted by atomic mass is 10.1. The van der Waals surface area contributed by atoms with Crippen molar-refractivity contribution in [3.8, 4) is 0 Å². The van der Waals surface area contributed by atoms with Gasteiger partial charge in [-0.15, -0.1) is 0 Å². The van der Waals surface area contributed by atoms with Crippen LogP contribution in [0.25, 0.3) is 0 Å². The van der Waals surface area contributed by atoms with Gasteiger partial charge in [0, 0.05) is 18.1 Å². The molecule has 0 spiro atoms. The molecule has 19 heteroatoms. The number of anilines is 1. The molecule has 2 heterocycles. The molecular weight excluding hydrogens is 630 g/mol. The number of hydrogen-bond donors (Lipinski definition) is 2. The van der Waals surface area contributed by atoms with Gasteiger partial charge in [-0.25, -0.2) is 0 Å². The zero-order valence-electron chi connectivity index (χ0n) is 22.4. The van der Waals surface area contributed by atoms with Gasteiger partial charge in [0.2, 0.25) is 0 Å². The summed E-state index contributed by atoms with van der Waals surface area (Å²) in [7, 11) is 1.15. The molecule has 8 nitrogen and oxygen atoms in total. The fourth-order valence-electron chi connectivity index (χ4n) is 3.81. The number of rotatable bonds is 8. The monoisotopic (exact) mass is 650 g/mol. The molecule has 0 aliphatic carbocycles. The standard InChI is InChI=1S/C24H21ClF10N6O2/c1-10(2)36-19(42)14-6-12(25)5-11(3)18(14)37-20(43)15-7-13(38-40(15)4)9-41-17(22(28,29)24(33,34)35)8-16(39-41)21(26,27)23(30,31)32/h5-8,10H,9H2,1-4H3,(H,36,42)(H,37,43). The number of nitrogens with one attached hydrogen (secondary N) is 2. The Bertz CT molecular complexity index is 1540. The third-order valence-electron chi connectivity index (χ3n) is 5.81. The lowest BCUT2D eigenvalue weighted by molar-refractivity contribution is -0.292. The highest BCUT2D eigenvalue weighted by molar-refractivity contribution is 6.31. The van der Waals surface area contributed by atoms with Gasteiger partial charge in [-0.2, -0.15) is 54.1 Å². The molecule has 1 aromatic carbocycles. The molecule has 2 N–H and O–H groups in total. The molecule has 0 aliphatic rings. The largest absolute Gasteiger partial charge is 0.459 e. The van der Waals surface area contributed by atoms with E-state index in [0.717, 1.165) is 17.8 Å². The van der Waals surface area contributed by atoms with Crippen molar-refractivity contribution in [2.75, 3.05) is 5.32 Å². The van der Waals surface area contributed by atoms with Crippen molar-refractivity contribution in [3.63, 3.8) is 0 Å². The van der Waals surface area contributed by atoms with Crippen molar-refractivity contribution in [3.05, 3.63) is 63.2 Å². The van der Waals surface area contributed by atoms with Gasteiger partial charge in [0.05, 0.1) is 23.5 Å². The minimum Gasteiger partial charge on any atom is -0.350 e. The average molecular weight is 651 g/mol. The Labute approximate surface area is 241 Å². The van der Waals surface area contributed by atoms with E-state index in [1.807, 2.05) is 0 Å². The van der Waals surface area contributed by atoms with E-state index in [1.54, 1.807) is 13.8 Å². The van der Waals surface area contributed by atoms with Crippen LogP contribution in [0.3, 0.4) is 0 Å². The summed E-state index contributed by atoms with van der Waals surface area (Å²) < 4.78 is 134. The number of hydrogen-bond acceptors (Lipinski definition) is 4. The third-order valence-corrected chi connectivity index (χ3v) is 6.03. The molecule has 0 unspecified atom stereocenters. The van der Waals surface area contributed by atoms with Crippen molar-refractivity contribution in [2.24, 2.45) is 7.05 Å². The summed E-state index contributed by atoms with van der Waals surface area (Å²) >= 11 is 6.04. The van der Waals surface area contributed by atoms with Gasteiger partial charge >= 0.3 is 24.2 Å². The maximum atomic E-state index is 14.2. The maximum absolute atomic E-state index is 14.2. The van der Waals surface area contributed by atoms with E-state index in [1.165, 1.54) is 19.1 Å². The minimum atomic E-state index is -6.39. The Balaban J connectivity index is 2.02. The topological polar surface area (TPSA) is 93.8 Å². The minimum absolute atomic E-state index is 0.00788. The molecule has 0 saturated carbocycles. The molecule has 3 rings (SSSR count). The molecule has 0 bridgehead atoms. The van der Waals surface area contributed by atoms with Crippen LogP contribution in [-0.2, 0) is 25.4 Å². The second kappa shape index (κ2) is 11.3. The second-order valence-electron chi connectivity index (χ2n) is 9.59. The number of carbonyl (C=O) groups excluding carboxylic acids is 2. The number of carbonyl (C=O) groups is 2. The third kappa shape index (κ3) is 6.73. The van der Waals surface area contributed by atoms with E-state index in [2.05, 4.69) is 20.8 Å². The van der Waals surface area contributed by atoms with E-state index in [-0.39, 0.29) is 28.0 Å². The van der Waals surface area contributed by atoms with Gasteiger partial charge in [-0.3, -0.25) is 19.0 Å². The molecule has 0 fully saturated rings. The van der Waals surface area contributed by atoms with Gasteiger partial charge in [-0.1, -0.05) is 11.6 Å². The zero-order valence-corrected chi connectivity index (χ0v) is 23.1. The Hall–Kier alpha value is -3.83. The Morgan fingerprint density at radius 2 is 1.47 bits per heavy atom. The number of aryl methyl sites for hydroxylation is 2. The average Bonchev–Trinajstić information content (AvgIpc) is 3.42. The molecule has 3 aromatic rings. The summed E-state index contributed by atoms with van der Waals surface area (Å²) in [6, 6.07) is 2.55. The summed E-state index contributed by atoms with van der Waals surface area (Å²) in [6.07, 6.45) is -12.8. The van der Waals surface area contributed by atoms with Gasteiger partial charge in [0.1, 0.15) is 17.1 Å². The van der Waals surface area contributed by atoms with Gasteiger partial charge in [-0.05, 0) is 50.6 Å². The van der Waals surface area contributed by atoms with Crippen LogP contribution < -0.4 is 10.6 Å². The molecular formula is C24H21ClF10N6O2. The maximum Gasteiger partial charge on any atom is 0.459 e. The van der Waals surface area contributed by atoms with Crippen LogP contribution in [0.5, 0.6) is 0 Å². The van der Waals surface area contributed by atoms with Crippen molar-refractivity contribution >= 4 is 29.1 Å². The predicted octanol–water partition coefficient (Wildman–Crippen LogP) is 6.33. The van der Waals surface area contributed by atoms with Crippen LogP contribution in [-0.4, -0.2) is 49.8 Å².